The van der Waals surface area contributed by atoms with Crippen molar-refractivity contribution in [3.8, 4) is 16.9 Å². The van der Waals surface area contributed by atoms with E-state index in [1.54, 1.807) is 14.1 Å². The molecule has 41 heavy (non-hydrogen) atoms. The van der Waals surface area contributed by atoms with Gasteiger partial charge in [0.2, 0.25) is 5.78 Å². The van der Waals surface area contributed by atoms with E-state index in [1.807, 2.05) is 51.1 Å². The average molecular weight is 561 g/mol. The molecule has 0 saturated heterocycles. The van der Waals surface area contributed by atoms with Gasteiger partial charge in [-0.1, -0.05) is 45.0 Å². The fourth-order valence-corrected chi connectivity index (χ4v) is 7.00. The van der Waals surface area contributed by atoms with E-state index in [0.717, 1.165) is 23.1 Å². The van der Waals surface area contributed by atoms with E-state index in [4.69, 9.17) is 5.73 Å². The topological polar surface area (TPSA) is 161 Å². The number of amides is 1. The third kappa shape index (κ3) is 4.01. The number of aliphatic hydroxyl groups excluding tert-OH is 2. The van der Waals surface area contributed by atoms with Gasteiger partial charge in [0.1, 0.15) is 22.8 Å². The molecule has 0 heterocycles. The minimum Gasteiger partial charge on any atom is -0.508 e. The quantitative estimate of drug-likeness (QED) is 0.348. The molecule has 0 unspecified atom stereocenters. The van der Waals surface area contributed by atoms with Gasteiger partial charge in [0.05, 0.1) is 11.6 Å². The number of nitrogens with zero attached hydrogens (tertiary/aromatic N) is 1. The molecule has 1 saturated carbocycles. The number of hydrogen-bond donors (Lipinski definition) is 5. The van der Waals surface area contributed by atoms with Crippen LogP contribution in [0.25, 0.3) is 16.9 Å². The molecule has 2 aromatic rings. The summed E-state index contributed by atoms with van der Waals surface area (Å²) in [6.45, 7) is 6.06. The van der Waals surface area contributed by atoms with Crippen molar-refractivity contribution in [2.75, 3.05) is 14.1 Å². The van der Waals surface area contributed by atoms with Gasteiger partial charge in [0, 0.05) is 17.1 Å². The van der Waals surface area contributed by atoms with Gasteiger partial charge >= 0.3 is 0 Å². The molecular formula is C32H36N2O7. The molecule has 9 heteroatoms. The third-order valence-electron chi connectivity index (χ3n) is 9.05. The van der Waals surface area contributed by atoms with Gasteiger partial charge in [0.25, 0.3) is 5.91 Å². The number of benzene rings is 2. The summed E-state index contributed by atoms with van der Waals surface area (Å²) in [4.78, 5) is 41.1. The fraction of sp³-hybridized carbons (Fsp3) is 0.406. The fourth-order valence-electron chi connectivity index (χ4n) is 7.00. The standard InChI is InChI=1S/C32H36N2O7/c1-6-15-7-9-16(10-8-15)19-13-18(14(2)3)20-11-17-12-21-25(34(4)5)28(37)24(31(33)40)30(39)32(21,41)29(38)22(17)27(36)23(20)26(19)35/h7-10,13-14,17,21,25,35-36,39,41H,6,11-12H2,1-5H3,(H2,33,40)/t17-,21-,25-,32-/m0/s1. The first-order chi connectivity index (χ1) is 19.2. The van der Waals surface area contributed by atoms with Crippen LogP contribution in [0.2, 0.25) is 0 Å². The van der Waals surface area contributed by atoms with Gasteiger partial charge in [-0.25, -0.2) is 0 Å². The average Bonchev–Trinajstić information content (AvgIpc) is 2.90. The number of rotatable bonds is 5. The predicted molar refractivity (Wildman–Crippen MR) is 153 cm³/mol. The van der Waals surface area contributed by atoms with Crippen LogP contribution in [0.1, 0.15) is 55.4 Å². The van der Waals surface area contributed by atoms with Crippen molar-refractivity contribution in [3.63, 3.8) is 0 Å². The molecule has 5 rings (SSSR count). The Hall–Kier alpha value is -3.95. The number of nitrogens with two attached hydrogens (primary N) is 1. The second kappa shape index (κ2) is 9.85. The largest absolute Gasteiger partial charge is 0.508 e. The Morgan fingerprint density at radius 3 is 2.29 bits per heavy atom. The van der Waals surface area contributed by atoms with Crippen molar-refractivity contribution >= 4 is 23.2 Å². The monoisotopic (exact) mass is 560 g/mol. The molecule has 3 aliphatic carbocycles. The molecule has 0 aromatic heterocycles. The van der Waals surface area contributed by atoms with Gasteiger partial charge in [-0.3, -0.25) is 19.3 Å². The number of aromatic hydroxyl groups is 1. The van der Waals surface area contributed by atoms with Gasteiger partial charge < -0.3 is 26.2 Å². The molecule has 4 atom stereocenters. The number of fused-ring (bicyclic) bond motifs is 3. The van der Waals surface area contributed by atoms with Gasteiger partial charge in [-0.05, 0) is 73.5 Å². The second-order valence-corrected chi connectivity index (χ2v) is 11.9. The molecule has 1 fully saturated rings. The van der Waals surface area contributed by atoms with Crippen LogP contribution in [0.4, 0.5) is 0 Å². The molecule has 6 N–H and O–H groups in total. The van der Waals surface area contributed by atoms with Crippen molar-refractivity contribution in [2.45, 2.75) is 57.6 Å². The lowest BCUT2D eigenvalue weighted by molar-refractivity contribution is -0.153. The number of primary amides is 1. The van der Waals surface area contributed by atoms with Gasteiger partial charge in [-0.2, -0.15) is 0 Å². The molecule has 0 spiro atoms. The van der Waals surface area contributed by atoms with E-state index < -0.39 is 58.0 Å². The zero-order chi connectivity index (χ0) is 30.1. The lowest BCUT2D eigenvalue weighted by Gasteiger charge is -2.50. The summed E-state index contributed by atoms with van der Waals surface area (Å²) >= 11 is 0. The normalized spacial score (nSPS) is 25.9. The Labute approximate surface area is 238 Å². The highest BCUT2D eigenvalue weighted by Crippen LogP contribution is 2.54. The SMILES string of the molecule is CCc1ccc(-c2cc(C(C)C)c3c(c2O)C(O)=C2C(=O)[C@]4(O)C(O)=C(C(N)=O)C(=O)[C@@H](N(C)C)[C@@H]4C[C@@H]2C3)cc1. The van der Waals surface area contributed by atoms with Gasteiger partial charge in [0.15, 0.2) is 11.4 Å². The van der Waals surface area contributed by atoms with E-state index in [0.29, 0.717) is 11.1 Å². The zero-order valence-electron chi connectivity index (χ0n) is 23.9. The van der Waals surface area contributed by atoms with Crippen molar-refractivity contribution in [1.82, 2.24) is 4.90 Å². The van der Waals surface area contributed by atoms with E-state index in [2.05, 4.69) is 0 Å². The van der Waals surface area contributed by atoms with Crippen molar-refractivity contribution in [2.24, 2.45) is 17.6 Å². The summed E-state index contributed by atoms with van der Waals surface area (Å²) in [6, 6.07) is 8.53. The Bertz CT molecular complexity index is 1550. The summed E-state index contributed by atoms with van der Waals surface area (Å²) in [7, 11) is 3.16. The Balaban J connectivity index is 1.76. The van der Waals surface area contributed by atoms with Crippen LogP contribution in [0, 0.1) is 11.8 Å². The highest BCUT2D eigenvalue weighted by molar-refractivity contribution is 6.24. The summed E-state index contributed by atoms with van der Waals surface area (Å²) in [6.07, 6.45) is 1.18. The van der Waals surface area contributed by atoms with Gasteiger partial charge in [-0.15, -0.1) is 0 Å². The number of ketones is 2. The lowest BCUT2D eigenvalue weighted by atomic mass is 9.57. The molecule has 0 aliphatic heterocycles. The summed E-state index contributed by atoms with van der Waals surface area (Å²) in [5.41, 5.74) is 5.83. The lowest BCUT2D eigenvalue weighted by Crippen LogP contribution is -2.65. The molecular weight excluding hydrogens is 524 g/mol. The predicted octanol–water partition coefficient (Wildman–Crippen LogP) is 3.32. The van der Waals surface area contributed by atoms with Crippen molar-refractivity contribution in [1.29, 1.82) is 0 Å². The number of likely N-dealkylation sites (N-methyl/N-ethyl adjacent to an activating group) is 1. The van der Waals surface area contributed by atoms with Crippen LogP contribution in [-0.4, -0.2) is 68.5 Å². The van der Waals surface area contributed by atoms with Crippen LogP contribution in [0.5, 0.6) is 5.75 Å². The summed E-state index contributed by atoms with van der Waals surface area (Å²) in [5.74, 6) is -6.50. The number of Topliss-reactive ketones (excluding diaryl/α,β-unsaturated/α-hetero) is 2. The Morgan fingerprint density at radius 2 is 1.76 bits per heavy atom. The summed E-state index contributed by atoms with van der Waals surface area (Å²) < 4.78 is 0. The molecule has 0 radical (unpaired) electrons. The molecule has 9 nitrogen and oxygen atoms in total. The highest BCUT2D eigenvalue weighted by atomic mass is 16.3. The van der Waals surface area contributed by atoms with E-state index >= 15 is 0 Å². The van der Waals surface area contributed by atoms with Crippen molar-refractivity contribution < 1.29 is 34.8 Å². The zero-order valence-corrected chi connectivity index (χ0v) is 23.9. The number of aliphatic hydroxyl groups is 3. The number of aryl methyl sites for hydroxylation is 1. The van der Waals surface area contributed by atoms with Crippen LogP contribution < -0.4 is 5.73 Å². The van der Waals surface area contributed by atoms with Crippen LogP contribution in [0.15, 0.2) is 47.2 Å². The smallest absolute Gasteiger partial charge is 0.255 e. The first-order valence-electron chi connectivity index (χ1n) is 13.9. The summed E-state index contributed by atoms with van der Waals surface area (Å²) in [5, 5.41) is 46.1. The minimum atomic E-state index is -2.66. The van der Waals surface area contributed by atoms with Crippen LogP contribution >= 0.6 is 0 Å². The van der Waals surface area contributed by atoms with E-state index in [9.17, 15) is 34.8 Å². The molecule has 1 amide bonds. The molecule has 2 aromatic carbocycles. The van der Waals surface area contributed by atoms with E-state index in [1.165, 1.54) is 4.90 Å². The van der Waals surface area contributed by atoms with E-state index in [-0.39, 0.29) is 35.6 Å². The van der Waals surface area contributed by atoms with Crippen molar-refractivity contribution in [3.05, 3.63) is 69.5 Å². The molecule has 216 valence electrons. The number of carbonyl (C=O) groups excluding carboxylic acids is 3. The maximum absolute atomic E-state index is 14.1. The van der Waals surface area contributed by atoms with Crippen LogP contribution in [0.3, 0.4) is 0 Å². The maximum Gasteiger partial charge on any atom is 0.255 e. The molecule has 3 aliphatic rings. The Kier molecular flexibility index (Phi) is 6.87. The third-order valence-corrected chi connectivity index (χ3v) is 9.05. The maximum atomic E-state index is 14.1. The number of hydrogen-bond acceptors (Lipinski definition) is 8. The Morgan fingerprint density at radius 1 is 1.12 bits per heavy atom. The number of phenols is 1. The highest BCUT2D eigenvalue weighted by Gasteiger charge is 2.64. The number of phenolic OH excluding ortho intramolecular Hbond substituents is 1. The second-order valence-electron chi connectivity index (χ2n) is 11.9. The number of carbonyl (C=O) groups is 3. The van der Waals surface area contributed by atoms with Crippen LogP contribution in [-0.2, 0) is 27.2 Å². The first kappa shape index (κ1) is 28.6. The first-order valence-corrected chi connectivity index (χ1v) is 13.9. The minimum absolute atomic E-state index is 0.0134. The molecule has 0 bridgehead atoms.